The van der Waals surface area contributed by atoms with Crippen molar-refractivity contribution in [3.05, 3.63) is 28.8 Å². The topological polar surface area (TPSA) is 63.6 Å². The summed E-state index contributed by atoms with van der Waals surface area (Å²) in [5, 5.41) is 9.91. The number of ether oxygens (including phenoxy) is 1. The third-order valence-electron chi connectivity index (χ3n) is 3.37. The van der Waals surface area contributed by atoms with E-state index in [2.05, 4.69) is 0 Å². The van der Waals surface area contributed by atoms with E-state index in [0.717, 1.165) is 0 Å². The molecule has 0 spiro atoms. The summed E-state index contributed by atoms with van der Waals surface area (Å²) in [5.41, 5.74) is 1.07. The zero-order valence-electron chi connectivity index (χ0n) is 11.4. The Kier molecular flexibility index (Phi) is 3.35. The lowest BCUT2D eigenvalue weighted by atomic mass is 9.72. The van der Waals surface area contributed by atoms with Crippen LogP contribution in [0.4, 0.5) is 0 Å². The first-order chi connectivity index (χ1) is 8.85. The number of ketones is 1. The number of fused-ring (bicyclic) bond motifs is 1. The second-order valence-electron chi connectivity index (χ2n) is 5.65. The van der Waals surface area contributed by atoms with Crippen molar-refractivity contribution in [2.24, 2.45) is 5.41 Å². The summed E-state index contributed by atoms with van der Waals surface area (Å²) in [6, 6.07) is 2.98. The van der Waals surface area contributed by atoms with Crippen molar-refractivity contribution in [1.29, 1.82) is 0 Å². The van der Waals surface area contributed by atoms with Crippen LogP contribution >= 0.6 is 0 Å². The van der Waals surface area contributed by atoms with Crippen molar-refractivity contribution in [2.45, 2.75) is 33.6 Å². The Morgan fingerprint density at radius 2 is 2.05 bits per heavy atom. The number of esters is 1. The molecule has 0 heterocycles. The molecule has 102 valence electrons. The summed E-state index contributed by atoms with van der Waals surface area (Å²) in [5.74, 6) is -0.679. The van der Waals surface area contributed by atoms with Crippen molar-refractivity contribution in [3.63, 3.8) is 0 Å². The smallest absolute Gasteiger partial charge is 0.342 e. The first-order valence-corrected chi connectivity index (χ1v) is 6.41. The largest absolute Gasteiger partial charge is 0.507 e. The van der Waals surface area contributed by atoms with Gasteiger partial charge in [-0.05, 0) is 36.5 Å². The number of benzene rings is 1. The third-order valence-corrected chi connectivity index (χ3v) is 3.37. The summed E-state index contributed by atoms with van der Waals surface area (Å²) < 4.78 is 4.97. The van der Waals surface area contributed by atoms with Gasteiger partial charge in [0.25, 0.3) is 0 Å². The van der Waals surface area contributed by atoms with E-state index in [0.29, 0.717) is 24.0 Å². The van der Waals surface area contributed by atoms with Crippen LogP contribution in [0.3, 0.4) is 0 Å². The standard InChI is InChI=1S/C15H18O4/c1-4-19-14(18)13-10-7-15(2,3)8-12(17)9(10)5-6-11(13)16/h5-6,16H,4,7-8H2,1-3H3. The molecule has 0 saturated carbocycles. The lowest BCUT2D eigenvalue weighted by Gasteiger charge is -2.31. The fourth-order valence-electron chi connectivity index (χ4n) is 2.58. The summed E-state index contributed by atoms with van der Waals surface area (Å²) in [6.45, 7) is 5.90. The molecule has 4 heteroatoms. The second-order valence-corrected chi connectivity index (χ2v) is 5.65. The number of hydrogen-bond acceptors (Lipinski definition) is 4. The van der Waals surface area contributed by atoms with Gasteiger partial charge in [0, 0.05) is 12.0 Å². The second kappa shape index (κ2) is 4.68. The van der Waals surface area contributed by atoms with Crippen molar-refractivity contribution >= 4 is 11.8 Å². The van der Waals surface area contributed by atoms with Crippen LogP contribution in [0.25, 0.3) is 0 Å². The summed E-state index contributed by atoms with van der Waals surface area (Å²) in [6.07, 6.45) is 1.03. The molecule has 0 aromatic heterocycles. The molecule has 0 aliphatic heterocycles. The van der Waals surface area contributed by atoms with E-state index >= 15 is 0 Å². The summed E-state index contributed by atoms with van der Waals surface area (Å²) in [7, 11) is 0. The van der Waals surface area contributed by atoms with Crippen LogP contribution in [0.2, 0.25) is 0 Å². The molecule has 0 unspecified atom stereocenters. The monoisotopic (exact) mass is 262 g/mol. The maximum Gasteiger partial charge on any atom is 0.342 e. The summed E-state index contributed by atoms with van der Waals surface area (Å²) in [4.78, 5) is 24.1. The molecule has 1 aromatic carbocycles. The van der Waals surface area contributed by atoms with Gasteiger partial charge in [0.05, 0.1) is 6.61 Å². The van der Waals surface area contributed by atoms with Gasteiger partial charge in [-0.15, -0.1) is 0 Å². The highest BCUT2D eigenvalue weighted by molar-refractivity contribution is 6.04. The summed E-state index contributed by atoms with van der Waals surface area (Å²) >= 11 is 0. The Labute approximate surface area is 112 Å². The molecule has 0 atom stereocenters. The molecule has 0 radical (unpaired) electrons. The third kappa shape index (κ3) is 2.48. The fourth-order valence-corrected chi connectivity index (χ4v) is 2.58. The maximum absolute atomic E-state index is 12.1. The molecule has 19 heavy (non-hydrogen) atoms. The van der Waals surface area contributed by atoms with E-state index in [4.69, 9.17) is 4.74 Å². The first kappa shape index (κ1) is 13.6. The van der Waals surface area contributed by atoms with E-state index in [1.165, 1.54) is 6.07 Å². The molecule has 1 aliphatic rings. The number of carbonyl (C=O) groups excluding carboxylic acids is 2. The van der Waals surface area contributed by atoms with Gasteiger partial charge in [0.15, 0.2) is 5.78 Å². The normalized spacial score (nSPS) is 16.9. The molecule has 0 fully saturated rings. The Bertz CT molecular complexity index is 543. The molecular formula is C15H18O4. The molecular weight excluding hydrogens is 244 g/mol. The fraction of sp³-hybridized carbons (Fsp3) is 0.467. The molecule has 1 N–H and O–H groups in total. The lowest BCUT2D eigenvalue weighted by molar-refractivity contribution is 0.0521. The minimum atomic E-state index is -0.567. The SMILES string of the molecule is CCOC(=O)c1c(O)ccc2c1CC(C)(C)CC2=O. The predicted molar refractivity (Wildman–Crippen MR) is 70.5 cm³/mol. The number of phenols is 1. The van der Waals surface area contributed by atoms with E-state index in [9.17, 15) is 14.7 Å². The van der Waals surface area contributed by atoms with Gasteiger partial charge in [-0.3, -0.25) is 4.79 Å². The highest BCUT2D eigenvalue weighted by atomic mass is 16.5. The molecule has 1 aromatic rings. The highest BCUT2D eigenvalue weighted by Gasteiger charge is 2.35. The number of rotatable bonds is 2. The van der Waals surface area contributed by atoms with Crippen molar-refractivity contribution in [3.8, 4) is 5.75 Å². The number of phenolic OH excluding ortho intramolecular Hbond substituents is 1. The number of Topliss-reactive ketones (excluding diaryl/α,β-unsaturated/α-hetero) is 1. The van der Waals surface area contributed by atoms with Crippen molar-refractivity contribution in [1.82, 2.24) is 0 Å². The van der Waals surface area contributed by atoms with E-state index in [1.807, 2.05) is 13.8 Å². The molecule has 0 saturated heterocycles. The van der Waals surface area contributed by atoms with Gasteiger partial charge in [0.1, 0.15) is 11.3 Å². The van der Waals surface area contributed by atoms with Gasteiger partial charge >= 0.3 is 5.97 Å². The van der Waals surface area contributed by atoms with Crippen LogP contribution in [0.1, 0.15) is 53.5 Å². The molecule has 0 amide bonds. The minimum absolute atomic E-state index is 0.0109. The highest BCUT2D eigenvalue weighted by Crippen LogP contribution is 2.38. The average Bonchev–Trinajstić information content (AvgIpc) is 2.26. The number of carbonyl (C=O) groups is 2. The van der Waals surface area contributed by atoms with Crippen LogP contribution in [-0.4, -0.2) is 23.5 Å². The number of hydrogen-bond donors (Lipinski definition) is 1. The van der Waals surface area contributed by atoms with Crippen molar-refractivity contribution < 1.29 is 19.4 Å². The first-order valence-electron chi connectivity index (χ1n) is 6.41. The van der Waals surface area contributed by atoms with E-state index in [-0.39, 0.29) is 29.1 Å². The Morgan fingerprint density at radius 3 is 2.68 bits per heavy atom. The lowest BCUT2D eigenvalue weighted by Crippen LogP contribution is -2.29. The van der Waals surface area contributed by atoms with Crippen LogP contribution in [-0.2, 0) is 11.2 Å². The quantitative estimate of drug-likeness (QED) is 0.832. The van der Waals surface area contributed by atoms with Crippen LogP contribution < -0.4 is 0 Å². The van der Waals surface area contributed by atoms with Gasteiger partial charge in [0.2, 0.25) is 0 Å². The molecule has 1 aliphatic carbocycles. The van der Waals surface area contributed by atoms with E-state index in [1.54, 1.807) is 13.0 Å². The molecule has 4 nitrogen and oxygen atoms in total. The predicted octanol–water partition coefficient (Wildman–Crippen LogP) is 2.72. The molecule has 0 bridgehead atoms. The van der Waals surface area contributed by atoms with E-state index < -0.39 is 5.97 Å². The molecule has 2 rings (SSSR count). The maximum atomic E-state index is 12.1. The minimum Gasteiger partial charge on any atom is -0.507 e. The van der Waals surface area contributed by atoms with Gasteiger partial charge < -0.3 is 9.84 Å². The van der Waals surface area contributed by atoms with Gasteiger partial charge in [-0.25, -0.2) is 4.79 Å². The zero-order chi connectivity index (χ0) is 14.2. The average molecular weight is 262 g/mol. The number of aromatic hydroxyl groups is 1. The van der Waals surface area contributed by atoms with Crippen molar-refractivity contribution in [2.75, 3.05) is 6.61 Å². The Morgan fingerprint density at radius 1 is 1.37 bits per heavy atom. The van der Waals surface area contributed by atoms with Crippen LogP contribution in [0.5, 0.6) is 5.75 Å². The van der Waals surface area contributed by atoms with Gasteiger partial charge in [-0.1, -0.05) is 13.8 Å². The van der Waals surface area contributed by atoms with Crippen LogP contribution in [0, 0.1) is 5.41 Å². The van der Waals surface area contributed by atoms with Crippen LogP contribution in [0.15, 0.2) is 12.1 Å². The Balaban J connectivity index is 2.59. The zero-order valence-corrected chi connectivity index (χ0v) is 11.4. The van der Waals surface area contributed by atoms with Gasteiger partial charge in [-0.2, -0.15) is 0 Å². The Hall–Kier alpha value is -1.84.